The third kappa shape index (κ3) is 2.72. The molecular formula is C13H20N2O3. The second-order valence-corrected chi connectivity index (χ2v) is 5.04. The van der Waals surface area contributed by atoms with Gasteiger partial charge in [0.15, 0.2) is 0 Å². The minimum absolute atomic E-state index is 0.0994. The number of hydrogen-bond donors (Lipinski definition) is 0. The van der Waals surface area contributed by atoms with Crippen LogP contribution in [0.25, 0.3) is 0 Å². The molecular weight excluding hydrogens is 232 g/mol. The second kappa shape index (κ2) is 5.10. The molecule has 1 aliphatic heterocycles. The zero-order valence-electron chi connectivity index (χ0n) is 11.4. The Hall–Kier alpha value is -1.36. The van der Waals surface area contributed by atoms with E-state index in [1.807, 2.05) is 32.6 Å². The van der Waals surface area contributed by atoms with Gasteiger partial charge in [-0.15, -0.1) is 0 Å². The zero-order valence-corrected chi connectivity index (χ0v) is 11.4. The van der Waals surface area contributed by atoms with Crippen LogP contribution in [0.5, 0.6) is 0 Å². The third-order valence-electron chi connectivity index (χ3n) is 3.28. The highest BCUT2D eigenvalue weighted by Gasteiger charge is 2.26. The van der Waals surface area contributed by atoms with Crippen molar-refractivity contribution in [2.45, 2.75) is 46.3 Å². The molecule has 0 aliphatic carbocycles. The minimum Gasteiger partial charge on any atom is -0.372 e. The quantitative estimate of drug-likeness (QED) is 0.799. The predicted molar refractivity (Wildman–Crippen MR) is 66.3 cm³/mol. The maximum atomic E-state index is 12.3. The first-order valence-corrected chi connectivity index (χ1v) is 6.32. The van der Waals surface area contributed by atoms with Crippen LogP contribution < -0.4 is 0 Å². The van der Waals surface area contributed by atoms with Crippen LogP contribution in [0.2, 0.25) is 0 Å². The summed E-state index contributed by atoms with van der Waals surface area (Å²) in [5.74, 6) is 0.849. The fraction of sp³-hybridized carbons (Fsp3) is 0.692. The summed E-state index contributed by atoms with van der Waals surface area (Å²) in [5.41, 5.74) is 1.71. The summed E-state index contributed by atoms with van der Waals surface area (Å²) in [6.45, 7) is 9.01. The number of aromatic nitrogens is 1. The zero-order chi connectivity index (χ0) is 13.3. The molecule has 0 N–H and O–H groups in total. The van der Waals surface area contributed by atoms with Gasteiger partial charge in [-0.25, -0.2) is 0 Å². The van der Waals surface area contributed by atoms with Gasteiger partial charge in [-0.3, -0.25) is 4.79 Å². The van der Waals surface area contributed by atoms with Crippen molar-refractivity contribution in [1.82, 2.24) is 10.1 Å². The van der Waals surface area contributed by atoms with Crippen LogP contribution in [0, 0.1) is 13.8 Å². The lowest BCUT2D eigenvalue weighted by Crippen LogP contribution is -2.48. The molecule has 1 aromatic heterocycles. The summed E-state index contributed by atoms with van der Waals surface area (Å²) < 4.78 is 10.7. The Bertz CT molecular complexity index is 412. The summed E-state index contributed by atoms with van der Waals surface area (Å²) in [4.78, 5) is 14.1. The number of nitrogens with zero attached hydrogens (tertiary/aromatic N) is 2. The number of amides is 1. The van der Waals surface area contributed by atoms with E-state index < -0.39 is 0 Å². The van der Waals surface area contributed by atoms with Crippen LogP contribution in [-0.2, 0) is 16.0 Å². The van der Waals surface area contributed by atoms with E-state index in [2.05, 4.69) is 5.16 Å². The molecule has 2 heterocycles. The molecule has 1 aromatic rings. The molecule has 5 heteroatoms. The van der Waals surface area contributed by atoms with Gasteiger partial charge in [-0.05, 0) is 27.7 Å². The number of carbonyl (C=O) groups is 1. The van der Waals surface area contributed by atoms with Crippen molar-refractivity contribution in [2.75, 3.05) is 13.1 Å². The highest BCUT2D eigenvalue weighted by molar-refractivity contribution is 5.79. The van der Waals surface area contributed by atoms with Crippen LogP contribution in [0.1, 0.15) is 30.9 Å². The van der Waals surface area contributed by atoms with Gasteiger partial charge in [0.25, 0.3) is 0 Å². The molecule has 1 aliphatic rings. The van der Waals surface area contributed by atoms with Crippen molar-refractivity contribution in [2.24, 2.45) is 0 Å². The maximum Gasteiger partial charge on any atom is 0.227 e. The Morgan fingerprint density at radius 1 is 1.33 bits per heavy atom. The molecule has 2 atom stereocenters. The van der Waals surface area contributed by atoms with Crippen molar-refractivity contribution >= 4 is 5.91 Å². The molecule has 0 bridgehead atoms. The van der Waals surface area contributed by atoms with Crippen LogP contribution >= 0.6 is 0 Å². The summed E-state index contributed by atoms with van der Waals surface area (Å²) in [7, 11) is 0. The van der Waals surface area contributed by atoms with E-state index in [0.717, 1.165) is 17.0 Å². The van der Waals surface area contributed by atoms with Crippen molar-refractivity contribution in [3.05, 3.63) is 17.0 Å². The van der Waals surface area contributed by atoms with E-state index >= 15 is 0 Å². The van der Waals surface area contributed by atoms with Gasteiger partial charge in [0, 0.05) is 18.7 Å². The average Bonchev–Trinajstić information content (AvgIpc) is 2.59. The molecule has 0 spiro atoms. The molecule has 1 amide bonds. The number of ether oxygens (including phenoxy) is 1. The fourth-order valence-electron chi connectivity index (χ4n) is 2.40. The number of aryl methyl sites for hydroxylation is 2. The van der Waals surface area contributed by atoms with Crippen LogP contribution in [0.3, 0.4) is 0 Å². The van der Waals surface area contributed by atoms with Crippen LogP contribution in [0.15, 0.2) is 4.52 Å². The normalized spacial score (nSPS) is 24.3. The van der Waals surface area contributed by atoms with E-state index in [4.69, 9.17) is 9.26 Å². The lowest BCUT2D eigenvalue weighted by Gasteiger charge is -2.35. The number of hydrogen-bond acceptors (Lipinski definition) is 4. The van der Waals surface area contributed by atoms with Gasteiger partial charge in [0.2, 0.25) is 5.91 Å². The highest BCUT2D eigenvalue weighted by atomic mass is 16.5. The van der Waals surface area contributed by atoms with Gasteiger partial charge in [0.05, 0.1) is 24.3 Å². The lowest BCUT2D eigenvalue weighted by atomic mass is 10.1. The smallest absolute Gasteiger partial charge is 0.227 e. The molecule has 0 aromatic carbocycles. The number of rotatable bonds is 2. The van der Waals surface area contributed by atoms with Gasteiger partial charge < -0.3 is 14.2 Å². The molecule has 5 nitrogen and oxygen atoms in total. The highest BCUT2D eigenvalue weighted by Crippen LogP contribution is 2.16. The lowest BCUT2D eigenvalue weighted by molar-refractivity contribution is -0.142. The fourth-order valence-corrected chi connectivity index (χ4v) is 2.40. The predicted octanol–water partition coefficient (Wildman–Crippen LogP) is 1.47. The molecule has 2 rings (SSSR count). The monoisotopic (exact) mass is 252 g/mol. The summed E-state index contributed by atoms with van der Waals surface area (Å²) in [6, 6.07) is 0. The minimum atomic E-state index is 0.0994. The summed E-state index contributed by atoms with van der Waals surface area (Å²) in [5, 5.41) is 3.87. The van der Waals surface area contributed by atoms with Crippen LogP contribution in [0.4, 0.5) is 0 Å². The Kier molecular flexibility index (Phi) is 3.71. The molecule has 1 fully saturated rings. The van der Waals surface area contributed by atoms with Gasteiger partial charge in [-0.1, -0.05) is 5.16 Å². The maximum absolute atomic E-state index is 12.3. The molecule has 100 valence electrons. The Morgan fingerprint density at radius 3 is 2.44 bits per heavy atom. The summed E-state index contributed by atoms with van der Waals surface area (Å²) >= 11 is 0. The topological polar surface area (TPSA) is 55.6 Å². The largest absolute Gasteiger partial charge is 0.372 e. The Balaban J connectivity index is 2.04. The third-order valence-corrected chi connectivity index (χ3v) is 3.28. The van der Waals surface area contributed by atoms with Crippen molar-refractivity contribution in [3.8, 4) is 0 Å². The molecule has 0 radical (unpaired) electrons. The second-order valence-electron chi connectivity index (χ2n) is 5.04. The van der Waals surface area contributed by atoms with E-state index in [1.165, 1.54) is 0 Å². The Labute approximate surface area is 107 Å². The average molecular weight is 252 g/mol. The number of morpholine rings is 1. The molecule has 18 heavy (non-hydrogen) atoms. The van der Waals surface area contributed by atoms with E-state index in [1.54, 1.807) is 0 Å². The van der Waals surface area contributed by atoms with E-state index in [-0.39, 0.29) is 18.1 Å². The van der Waals surface area contributed by atoms with Crippen molar-refractivity contribution in [1.29, 1.82) is 0 Å². The Morgan fingerprint density at radius 2 is 1.94 bits per heavy atom. The molecule has 2 unspecified atom stereocenters. The van der Waals surface area contributed by atoms with Crippen molar-refractivity contribution in [3.63, 3.8) is 0 Å². The van der Waals surface area contributed by atoms with Gasteiger partial charge in [-0.2, -0.15) is 0 Å². The van der Waals surface area contributed by atoms with Crippen molar-refractivity contribution < 1.29 is 14.1 Å². The van der Waals surface area contributed by atoms with Gasteiger partial charge in [0.1, 0.15) is 5.76 Å². The summed E-state index contributed by atoms with van der Waals surface area (Å²) in [6.07, 6.45) is 0.561. The van der Waals surface area contributed by atoms with E-state index in [0.29, 0.717) is 19.5 Å². The SMILES string of the molecule is Cc1noc(C)c1CC(=O)N1CC(C)OC(C)C1. The van der Waals surface area contributed by atoms with Crippen LogP contribution in [-0.4, -0.2) is 41.3 Å². The first kappa shape index (κ1) is 13.1. The molecule has 1 saturated heterocycles. The first-order valence-electron chi connectivity index (χ1n) is 6.32. The standard InChI is InChI=1S/C13H20N2O3/c1-8-6-15(7-9(2)17-8)13(16)5-12-10(3)14-18-11(12)4/h8-9H,5-7H2,1-4H3. The number of carbonyl (C=O) groups excluding carboxylic acids is 1. The first-order chi connectivity index (χ1) is 8.47. The van der Waals surface area contributed by atoms with Gasteiger partial charge >= 0.3 is 0 Å². The van der Waals surface area contributed by atoms with E-state index in [9.17, 15) is 4.79 Å². The molecule has 0 saturated carbocycles.